The summed E-state index contributed by atoms with van der Waals surface area (Å²) in [4.78, 5) is 3.89. The number of nitrogen functional groups attached to an aromatic ring is 1. The number of oxazole rings is 1. The summed E-state index contributed by atoms with van der Waals surface area (Å²) in [6, 6.07) is 6.23. The van der Waals surface area contributed by atoms with Crippen LogP contribution in [0.15, 0.2) is 22.6 Å². The molecule has 1 aromatic heterocycles. The van der Waals surface area contributed by atoms with Crippen LogP contribution in [-0.2, 0) is 0 Å². The summed E-state index contributed by atoms with van der Waals surface area (Å²) in [5, 5.41) is 8.66. The van der Waals surface area contributed by atoms with E-state index >= 15 is 0 Å². The van der Waals surface area contributed by atoms with Crippen molar-refractivity contribution in [3.63, 3.8) is 0 Å². The zero-order chi connectivity index (χ0) is 11.7. The first-order valence-electron chi connectivity index (χ1n) is 4.54. The van der Waals surface area contributed by atoms with Crippen LogP contribution in [0.5, 0.6) is 0 Å². The van der Waals surface area contributed by atoms with Gasteiger partial charge in [0.05, 0.1) is 0 Å². The maximum atomic E-state index is 13.0. The topological polar surface area (TPSA) is 75.8 Å². The zero-order valence-electron chi connectivity index (χ0n) is 8.49. The second-order valence-electron chi connectivity index (χ2n) is 3.31. The number of halogens is 1. The van der Waals surface area contributed by atoms with Crippen molar-refractivity contribution in [1.29, 1.82) is 5.26 Å². The molecule has 0 saturated heterocycles. The molecule has 0 saturated carbocycles. The molecule has 0 bridgehead atoms. The van der Waals surface area contributed by atoms with Crippen LogP contribution in [0, 0.1) is 24.1 Å². The van der Waals surface area contributed by atoms with Crippen molar-refractivity contribution in [2.24, 2.45) is 0 Å². The van der Waals surface area contributed by atoms with Crippen LogP contribution >= 0.6 is 0 Å². The molecule has 0 aliphatic carbocycles. The third kappa shape index (κ3) is 1.61. The summed E-state index contributed by atoms with van der Waals surface area (Å²) < 4.78 is 18.1. The second-order valence-corrected chi connectivity index (χ2v) is 3.31. The molecule has 0 radical (unpaired) electrons. The summed E-state index contributed by atoms with van der Waals surface area (Å²) >= 11 is 0. The van der Waals surface area contributed by atoms with E-state index in [0.717, 1.165) is 0 Å². The summed E-state index contributed by atoms with van der Waals surface area (Å²) in [5.74, 6) is -0.111. The Labute approximate surface area is 91.1 Å². The molecule has 1 aromatic carbocycles. The largest absolute Gasteiger partial charge is 0.419 e. The van der Waals surface area contributed by atoms with Gasteiger partial charge < -0.3 is 10.2 Å². The number of hydrogen-bond acceptors (Lipinski definition) is 4. The highest BCUT2D eigenvalue weighted by Crippen LogP contribution is 2.24. The quantitative estimate of drug-likeness (QED) is 0.794. The lowest BCUT2D eigenvalue weighted by atomic mass is 10.1. The molecule has 16 heavy (non-hydrogen) atoms. The van der Waals surface area contributed by atoms with Crippen LogP contribution < -0.4 is 5.73 Å². The van der Waals surface area contributed by atoms with Crippen molar-refractivity contribution in [2.45, 2.75) is 6.92 Å². The van der Waals surface area contributed by atoms with Crippen molar-refractivity contribution in [2.75, 3.05) is 5.73 Å². The second kappa shape index (κ2) is 3.66. The monoisotopic (exact) mass is 217 g/mol. The normalized spacial score (nSPS) is 10.1. The smallest absolute Gasteiger partial charge is 0.230 e. The average Bonchev–Trinajstić information content (AvgIpc) is 2.64. The van der Waals surface area contributed by atoms with Crippen molar-refractivity contribution in [3.05, 3.63) is 35.3 Å². The molecule has 0 fully saturated rings. The zero-order valence-corrected chi connectivity index (χ0v) is 8.49. The Bertz CT molecular complexity index is 583. The Balaban J connectivity index is 2.51. The Morgan fingerprint density at radius 1 is 1.50 bits per heavy atom. The van der Waals surface area contributed by atoms with Crippen molar-refractivity contribution in [3.8, 4) is 17.5 Å². The van der Waals surface area contributed by atoms with E-state index in [4.69, 9.17) is 15.4 Å². The van der Waals surface area contributed by atoms with E-state index in [0.29, 0.717) is 11.1 Å². The number of nitriles is 1. The maximum absolute atomic E-state index is 13.0. The summed E-state index contributed by atoms with van der Waals surface area (Å²) in [6.07, 6.45) is 0. The molecule has 0 atom stereocenters. The van der Waals surface area contributed by atoms with E-state index in [1.165, 1.54) is 12.1 Å². The molecule has 0 amide bonds. The van der Waals surface area contributed by atoms with E-state index in [1.54, 1.807) is 13.0 Å². The van der Waals surface area contributed by atoms with Gasteiger partial charge in [0.1, 0.15) is 11.9 Å². The Morgan fingerprint density at radius 3 is 2.81 bits per heavy atom. The lowest BCUT2D eigenvalue weighted by Crippen LogP contribution is -1.85. The SMILES string of the molecule is Cc1cc(-c2nc(C#N)c(N)o2)ccc1F. The van der Waals surface area contributed by atoms with E-state index in [2.05, 4.69) is 4.98 Å². The highest BCUT2D eigenvalue weighted by atomic mass is 19.1. The molecular formula is C11H8FN3O. The van der Waals surface area contributed by atoms with E-state index in [1.807, 2.05) is 6.07 Å². The van der Waals surface area contributed by atoms with Crippen LogP contribution in [-0.4, -0.2) is 4.98 Å². The minimum absolute atomic E-state index is 0.0283. The molecule has 5 heteroatoms. The number of aryl methyl sites for hydroxylation is 1. The van der Waals surface area contributed by atoms with Gasteiger partial charge in [-0.3, -0.25) is 0 Å². The fraction of sp³-hybridized carbons (Fsp3) is 0.0909. The Morgan fingerprint density at radius 2 is 2.25 bits per heavy atom. The number of nitrogens with two attached hydrogens (primary N) is 1. The summed E-state index contributed by atoms with van der Waals surface area (Å²) in [7, 11) is 0. The predicted octanol–water partition coefficient (Wildman–Crippen LogP) is 2.24. The third-order valence-electron chi connectivity index (χ3n) is 2.16. The van der Waals surface area contributed by atoms with Crippen LogP contribution in [0.2, 0.25) is 0 Å². The van der Waals surface area contributed by atoms with Gasteiger partial charge in [-0.05, 0) is 30.7 Å². The van der Waals surface area contributed by atoms with Crippen LogP contribution in [0.1, 0.15) is 11.3 Å². The van der Waals surface area contributed by atoms with E-state index < -0.39 is 0 Å². The minimum atomic E-state index is -0.302. The van der Waals surface area contributed by atoms with Crippen molar-refractivity contribution >= 4 is 5.88 Å². The number of aromatic nitrogens is 1. The first-order chi connectivity index (χ1) is 7.61. The number of rotatable bonds is 1. The minimum Gasteiger partial charge on any atom is -0.419 e. The fourth-order valence-corrected chi connectivity index (χ4v) is 1.31. The first kappa shape index (κ1) is 10.2. The van der Waals surface area contributed by atoms with Gasteiger partial charge in [-0.1, -0.05) is 0 Å². The van der Waals surface area contributed by atoms with E-state index in [9.17, 15) is 4.39 Å². The van der Waals surface area contributed by atoms with Gasteiger partial charge in [-0.25, -0.2) is 4.39 Å². The fourth-order valence-electron chi connectivity index (χ4n) is 1.31. The lowest BCUT2D eigenvalue weighted by molar-refractivity contribution is 0.592. The highest BCUT2D eigenvalue weighted by Gasteiger charge is 2.12. The van der Waals surface area contributed by atoms with Crippen LogP contribution in [0.4, 0.5) is 10.3 Å². The molecule has 0 aliphatic rings. The van der Waals surface area contributed by atoms with Gasteiger partial charge in [-0.2, -0.15) is 10.2 Å². The van der Waals surface area contributed by atoms with Crippen LogP contribution in [0.25, 0.3) is 11.5 Å². The standard InChI is InChI=1S/C11H8FN3O/c1-6-4-7(2-3-8(6)12)11-15-9(5-13)10(14)16-11/h2-4H,14H2,1H3. The van der Waals surface area contributed by atoms with Crippen molar-refractivity contribution in [1.82, 2.24) is 4.98 Å². The summed E-state index contributed by atoms with van der Waals surface area (Å²) in [6.45, 7) is 1.64. The number of nitrogens with zero attached hydrogens (tertiary/aromatic N) is 2. The Kier molecular flexibility index (Phi) is 2.33. The molecule has 0 aliphatic heterocycles. The molecule has 80 valence electrons. The molecule has 2 rings (SSSR count). The first-order valence-corrected chi connectivity index (χ1v) is 4.54. The Hall–Kier alpha value is -2.35. The molecular weight excluding hydrogens is 209 g/mol. The summed E-state index contributed by atoms with van der Waals surface area (Å²) in [5.41, 5.74) is 6.54. The van der Waals surface area contributed by atoms with Crippen molar-refractivity contribution < 1.29 is 8.81 Å². The van der Waals surface area contributed by atoms with E-state index in [-0.39, 0.29) is 23.3 Å². The molecule has 2 N–H and O–H groups in total. The number of anilines is 1. The van der Waals surface area contributed by atoms with Gasteiger partial charge in [0.2, 0.25) is 17.5 Å². The molecule has 2 aromatic rings. The molecule has 1 heterocycles. The van der Waals surface area contributed by atoms with Gasteiger partial charge in [-0.15, -0.1) is 0 Å². The molecule has 0 unspecified atom stereocenters. The number of hydrogen-bond donors (Lipinski definition) is 1. The van der Waals surface area contributed by atoms with Gasteiger partial charge >= 0.3 is 0 Å². The molecule has 0 spiro atoms. The number of benzene rings is 1. The van der Waals surface area contributed by atoms with Gasteiger partial charge in [0.15, 0.2) is 0 Å². The lowest BCUT2D eigenvalue weighted by Gasteiger charge is -1.98. The maximum Gasteiger partial charge on any atom is 0.230 e. The van der Waals surface area contributed by atoms with Gasteiger partial charge in [0.25, 0.3) is 0 Å². The van der Waals surface area contributed by atoms with Gasteiger partial charge in [0, 0.05) is 5.56 Å². The van der Waals surface area contributed by atoms with Crippen LogP contribution in [0.3, 0.4) is 0 Å². The average molecular weight is 217 g/mol. The third-order valence-corrected chi connectivity index (χ3v) is 2.16. The highest BCUT2D eigenvalue weighted by molar-refractivity contribution is 5.58. The predicted molar refractivity (Wildman–Crippen MR) is 55.8 cm³/mol. The molecule has 4 nitrogen and oxygen atoms in total.